The largest absolute Gasteiger partial charge is 0.469 e. The zero-order valence-electron chi connectivity index (χ0n) is 34.6. The Labute approximate surface area is 331 Å². The van der Waals surface area contributed by atoms with Crippen LogP contribution in [0.4, 0.5) is 0 Å². The van der Waals surface area contributed by atoms with Crippen LogP contribution in [0, 0.1) is 0 Å². The Hall–Kier alpha value is -1.99. The van der Waals surface area contributed by atoms with E-state index < -0.39 is 32.5 Å². The van der Waals surface area contributed by atoms with Crippen molar-refractivity contribution in [3.63, 3.8) is 0 Å². The molecule has 0 spiro atoms. The molecule has 0 aromatic carbocycles. The topological polar surface area (TPSA) is 119 Å². The van der Waals surface area contributed by atoms with Gasteiger partial charge in [0.15, 0.2) is 6.10 Å². The number of ether oxygens (including phenoxy) is 2. The molecule has 0 radical (unpaired) electrons. The normalized spacial score (nSPS) is 12.9. The molecule has 8 nitrogen and oxygen atoms in total. The summed E-state index contributed by atoms with van der Waals surface area (Å²) in [6, 6.07) is 0. The van der Waals surface area contributed by atoms with Gasteiger partial charge in [-0.2, -0.15) is 0 Å². The van der Waals surface area contributed by atoms with Gasteiger partial charge in [0, 0.05) is 12.8 Å². The summed E-state index contributed by atoms with van der Waals surface area (Å²) in [5, 5.41) is 0. The van der Waals surface area contributed by atoms with Crippen molar-refractivity contribution >= 4 is 19.8 Å². The number of hydrogen-bond acceptors (Lipinski definition) is 6. The highest BCUT2D eigenvalue weighted by Crippen LogP contribution is 2.36. The molecule has 9 heteroatoms. The van der Waals surface area contributed by atoms with Gasteiger partial charge in [0.05, 0.1) is 6.61 Å². The van der Waals surface area contributed by atoms with Gasteiger partial charge in [-0.15, -0.1) is 0 Å². The predicted molar refractivity (Wildman–Crippen MR) is 225 cm³/mol. The number of unbranched alkanes of at least 4 members (excludes halogenated alkanes) is 22. The molecule has 314 valence electrons. The fourth-order valence-corrected chi connectivity index (χ4v) is 6.42. The van der Waals surface area contributed by atoms with Crippen molar-refractivity contribution in [1.82, 2.24) is 0 Å². The Morgan fingerprint density at radius 2 is 0.833 bits per heavy atom. The Morgan fingerprint density at radius 3 is 1.28 bits per heavy atom. The van der Waals surface area contributed by atoms with E-state index in [-0.39, 0.29) is 19.4 Å². The van der Waals surface area contributed by atoms with Gasteiger partial charge in [0.25, 0.3) is 0 Å². The van der Waals surface area contributed by atoms with Crippen molar-refractivity contribution in [3.8, 4) is 0 Å². The van der Waals surface area contributed by atoms with Crippen LogP contribution in [0.2, 0.25) is 0 Å². The molecule has 2 N–H and O–H groups in total. The second-order valence-corrected chi connectivity index (χ2v) is 15.9. The maximum absolute atomic E-state index is 12.4. The predicted octanol–water partition coefficient (Wildman–Crippen LogP) is 13.5. The maximum atomic E-state index is 12.4. The van der Waals surface area contributed by atoms with Crippen LogP contribution in [-0.4, -0.2) is 41.0 Å². The Kier molecular flexibility index (Phi) is 39.2. The summed E-state index contributed by atoms with van der Waals surface area (Å²) in [6.45, 7) is 3.65. The smallest absolute Gasteiger partial charge is 0.462 e. The first-order valence-electron chi connectivity index (χ1n) is 21.9. The van der Waals surface area contributed by atoms with Gasteiger partial charge in [-0.3, -0.25) is 14.1 Å². The first-order valence-corrected chi connectivity index (χ1v) is 23.5. The number of phosphoric ester groups is 1. The summed E-state index contributed by atoms with van der Waals surface area (Å²) in [5.41, 5.74) is 0. The number of rotatable bonds is 40. The number of esters is 2. The average molecular weight is 781 g/mol. The van der Waals surface area contributed by atoms with Crippen molar-refractivity contribution in [2.45, 2.75) is 213 Å². The molecule has 0 saturated heterocycles. The summed E-state index contributed by atoms with van der Waals surface area (Å²) in [7, 11) is -4.76. The first-order chi connectivity index (χ1) is 26.3. The molecule has 0 rings (SSSR count). The summed E-state index contributed by atoms with van der Waals surface area (Å²) >= 11 is 0. The third kappa shape index (κ3) is 42.7. The van der Waals surface area contributed by atoms with Crippen LogP contribution in [0.3, 0.4) is 0 Å². The third-order valence-corrected chi connectivity index (χ3v) is 9.84. The minimum Gasteiger partial charge on any atom is -0.462 e. The molecule has 0 aromatic rings. The van der Waals surface area contributed by atoms with Crippen molar-refractivity contribution < 1.29 is 37.9 Å². The molecule has 0 aromatic heterocycles. The highest BCUT2D eigenvalue weighted by atomic mass is 31.2. The summed E-state index contributed by atoms with van der Waals surface area (Å²) < 4.78 is 26.4. The van der Waals surface area contributed by atoms with E-state index in [9.17, 15) is 14.2 Å². The molecule has 0 unspecified atom stereocenters. The van der Waals surface area contributed by atoms with E-state index in [1.165, 1.54) is 116 Å². The minimum atomic E-state index is -4.76. The molecule has 0 saturated carbocycles. The van der Waals surface area contributed by atoms with Gasteiger partial charge in [-0.1, -0.05) is 184 Å². The number of hydrogen-bond donors (Lipinski definition) is 2. The second-order valence-electron chi connectivity index (χ2n) is 14.7. The monoisotopic (exact) mass is 781 g/mol. The molecule has 0 aliphatic carbocycles. The van der Waals surface area contributed by atoms with Crippen LogP contribution in [-0.2, 0) is 28.2 Å². The maximum Gasteiger partial charge on any atom is 0.469 e. The van der Waals surface area contributed by atoms with E-state index in [1.54, 1.807) is 0 Å². The standard InChI is InChI=1S/C45H81O8P/c1-3-5-7-9-11-13-15-17-19-21-22-24-26-28-30-32-34-36-38-40-45(47)53-43(42-52-54(48,49)50)41-51-44(46)39-37-35-33-31-29-27-25-23-20-18-16-14-12-10-8-6-4-2/h11,13,17,19,22,24,28,30,43H,3-10,12,14-16,18,20-21,23,25-27,29,31-42H2,1-2H3,(H2,48,49,50)/b13-11+,19-17+,24-22+,30-28+/t43-/m1/s1. The number of carbonyl (C=O) groups excluding carboxylic acids is 2. The lowest BCUT2D eigenvalue weighted by Gasteiger charge is -2.18. The Balaban J connectivity index is 3.96. The number of phosphoric acid groups is 1. The average Bonchev–Trinajstić information content (AvgIpc) is 3.14. The molecule has 0 fully saturated rings. The summed E-state index contributed by atoms with van der Waals surface area (Å²) in [5.74, 6) is -0.915. The van der Waals surface area contributed by atoms with E-state index in [1.807, 2.05) is 0 Å². The van der Waals surface area contributed by atoms with Crippen molar-refractivity contribution in [2.75, 3.05) is 13.2 Å². The van der Waals surface area contributed by atoms with E-state index in [4.69, 9.17) is 19.3 Å². The molecule has 0 aliphatic rings. The van der Waals surface area contributed by atoms with Gasteiger partial charge >= 0.3 is 19.8 Å². The summed E-state index contributed by atoms with van der Waals surface area (Å²) in [4.78, 5) is 42.9. The lowest BCUT2D eigenvalue weighted by molar-refractivity contribution is -0.161. The fourth-order valence-electron chi connectivity index (χ4n) is 6.06. The first kappa shape index (κ1) is 52.0. The molecule has 0 heterocycles. The van der Waals surface area contributed by atoms with E-state index in [0.29, 0.717) is 6.42 Å². The van der Waals surface area contributed by atoms with Crippen LogP contribution in [0.5, 0.6) is 0 Å². The fraction of sp³-hybridized carbons (Fsp3) is 0.778. The van der Waals surface area contributed by atoms with Crippen molar-refractivity contribution in [2.24, 2.45) is 0 Å². The quantitative estimate of drug-likeness (QED) is 0.0273. The minimum absolute atomic E-state index is 0.175. The van der Waals surface area contributed by atoms with E-state index in [2.05, 4.69) is 67.0 Å². The van der Waals surface area contributed by atoms with Crippen LogP contribution in [0.25, 0.3) is 0 Å². The Bertz CT molecular complexity index is 1020. The third-order valence-electron chi connectivity index (χ3n) is 9.35. The Morgan fingerprint density at radius 1 is 0.481 bits per heavy atom. The van der Waals surface area contributed by atoms with Crippen LogP contribution >= 0.6 is 7.82 Å². The van der Waals surface area contributed by atoms with E-state index in [0.717, 1.165) is 57.8 Å². The zero-order chi connectivity index (χ0) is 39.6. The molecular weight excluding hydrogens is 699 g/mol. The molecule has 0 aliphatic heterocycles. The highest BCUT2D eigenvalue weighted by molar-refractivity contribution is 7.46. The SMILES string of the molecule is CCCCC/C=C/C/C=C/C/C=C/C/C=C/CCCCCC(=O)O[C@H](COC(=O)CCCCCCCCCCCCCCCCCCC)COP(=O)(O)O. The lowest BCUT2D eigenvalue weighted by Crippen LogP contribution is -2.29. The van der Waals surface area contributed by atoms with Gasteiger partial charge in [-0.05, 0) is 57.8 Å². The highest BCUT2D eigenvalue weighted by Gasteiger charge is 2.22. The van der Waals surface area contributed by atoms with Gasteiger partial charge in [-0.25, -0.2) is 4.57 Å². The van der Waals surface area contributed by atoms with Crippen molar-refractivity contribution in [1.29, 1.82) is 0 Å². The van der Waals surface area contributed by atoms with E-state index >= 15 is 0 Å². The van der Waals surface area contributed by atoms with Gasteiger partial charge < -0.3 is 19.3 Å². The van der Waals surface area contributed by atoms with Crippen molar-refractivity contribution in [3.05, 3.63) is 48.6 Å². The number of carbonyl (C=O) groups is 2. The summed E-state index contributed by atoms with van der Waals surface area (Å²) in [6.07, 6.45) is 49.7. The second kappa shape index (κ2) is 40.7. The molecular formula is C45H81O8P. The molecule has 0 amide bonds. The zero-order valence-corrected chi connectivity index (χ0v) is 35.5. The lowest BCUT2D eigenvalue weighted by atomic mass is 10.0. The van der Waals surface area contributed by atoms with Crippen LogP contribution in [0.15, 0.2) is 48.6 Å². The van der Waals surface area contributed by atoms with Gasteiger partial charge in [0.1, 0.15) is 6.61 Å². The van der Waals surface area contributed by atoms with Crippen LogP contribution < -0.4 is 0 Å². The van der Waals surface area contributed by atoms with Gasteiger partial charge in [0.2, 0.25) is 0 Å². The van der Waals surface area contributed by atoms with Crippen LogP contribution in [0.1, 0.15) is 206 Å². The molecule has 54 heavy (non-hydrogen) atoms. The number of allylic oxidation sites excluding steroid dienone is 8. The molecule has 1 atom stereocenters. The molecule has 0 bridgehead atoms.